The molecule has 2 N–H and O–H groups in total. The van der Waals surface area contributed by atoms with Crippen LogP contribution in [0.25, 0.3) is 10.9 Å². The molecule has 8 nitrogen and oxygen atoms in total. The standard InChI is InChI=1S/C28H29N5O3S/c1-19-26(27(34)35)37-28(31-19)36-23-8-6-22(7-9-23)33-14-12-32(13-15-33)11-3-2-4-21-18-30-25-10-5-20(17-29)16-24(21)25/h5-10,16,18,30H,2-4,11-15H2,1H3,(H,34,35). The van der Waals surface area contributed by atoms with E-state index >= 15 is 0 Å². The first-order valence-electron chi connectivity index (χ1n) is 12.5. The summed E-state index contributed by atoms with van der Waals surface area (Å²) in [6.07, 6.45) is 5.36. The van der Waals surface area contributed by atoms with Crippen molar-refractivity contribution in [1.29, 1.82) is 5.26 Å². The second-order valence-electron chi connectivity index (χ2n) is 9.27. The van der Waals surface area contributed by atoms with Crippen LogP contribution in [-0.4, -0.2) is 58.7 Å². The van der Waals surface area contributed by atoms with Gasteiger partial charge in [-0.2, -0.15) is 5.26 Å². The van der Waals surface area contributed by atoms with Gasteiger partial charge >= 0.3 is 5.97 Å². The van der Waals surface area contributed by atoms with Crippen molar-refractivity contribution in [2.45, 2.75) is 26.2 Å². The molecule has 5 rings (SSSR count). The number of nitrogens with zero attached hydrogens (tertiary/aromatic N) is 4. The third-order valence-electron chi connectivity index (χ3n) is 6.82. The molecule has 2 aromatic carbocycles. The van der Waals surface area contributed by atoms with Gasteiger partial charge < -0.3 is 19.7 Å². The van der Waals surface area contributed by atoms with Crippen LogP contribution in [0.2, 0.25) is 0 Å². The zero-order valence-corrected chi connectivity index (χ0v) is 21.6. The third kappa shape index (κ3) is 5.77. The number of carboxylic acid groups (broad SMARTS) is 1. The number of ether oxygens (including phenoxy) is 1. The van der Waals surface area contributed by atoms with Crippen LogP contribution in [0.1, 0.15) is 39.3 Å². The van der Waals surface area contributed by atoms with Crippen molar-refractivity contribution in [3.63, 3.8) is 0 Å². The zero-order valence-electron chi connectivity index (χ0n) is 20.7. The number of aromatic amines is 1. The van der Waals surface area contributed by atoms with Crippen molar-refractivity contribution >= 4 is 33.9 Å². The molecule has 0 amide bonds. The lowest BCUT2D eigenvalue weighted by Gasteiger charge is -2.36. The van der Waals surface area contributed by atoms with Gasteiger partial charge in [-0.1, -0.05) is 11.3 Å². The van der Waals surface area contributed by atoms with Crippen LogP contribution < -0.4 is 9.64 Å². The normalized spacial score (nSPS) is 14.1. The minimum Gasteiger partial charge on any atom is -0.477 e. The summed E-state index contributed by atoms with van der Waals surface area (Å²) in [5.74, 6) is -0.337. The van der Waals surface area contributed by atoms with Gasteiger partial charge in [0.2, 0.25) is 0 Å². The summed E-state index contributed by atoms with van der Waals surface area (Å²) < 4.78 is 5.77. The molecule has 3 heterocycles. The van der Waals surface area contributed by atoms with Crippen LogP contribution in [0.3, 0.4) is 0 Å². The Kier molecular flexibility index (Phi) is 7.40. The number of aromatic nitrogens is 2. The Morgan fingerprint density at radius 2 is 1.95 bits per heavy atom. The topological polar surface area (TPSA) is 105 Å². The van der Waals surface area contributed by atoms with Crippen LogP contribution in [-0.2, 0) is 6.42 Å². The van der Waals surface area contributed by atoms with Gasteiger partial charge in [-0.15, -0.1) is 0 Å². The molecule has 0 bridgehead atoms. The molecule has 0 aliphatic carbocycles. The number of anilines is 1. The number of nitriles is 1. The number of piperazine rings is 1. The van der Waals surface area contributed by atoms with E-state index in [1.165, 1.54) is 5.56 Å². The summed E-state index contributed by atoms with van der Waals surface area (Å²) in [7, 11) is 0. The van der Waals surface area contributed by atoms with Gasteiger partial charge in [0.05, 0.1) is 17.3 Å². The number of rotatable bonds is 9. The van der Waals surface area contributed by atoms with E-state index in [1.54, 1.807) is 6.92 Å². The molecule has 9 heteroatoms. The Hall–Kier alpha value is -3.87. The van der Waals surface area contributed by atoms with Gasteiger partial charge in [-0.25, -0.2) is 9.78 Å². The van der Waals surface area contributed by atoms with E-state index in [-0.39, 0.29) is 4.88 Å². The average Bonchev–Trinajstić information content (AvgIpc) is 3.49. The molecule has 4 aromatic rings. The maximum Gasteiger partial charge on any atom is 0.347 e. The van der Waals surface area contributed by atoms with E-state index in [0.29, 0.717) is 22.2 Å². The van der Waals surface area contributed by atoms with Crippen LogP contribution in [0.5, 0.6) is 10.9 Å². The number of benzene rings is 2. The van der Waals surface area contributed by atoms with Crippen LogP contribution in [0.4, 0.5) is 5.69 Å². The van der Waals surface area contributed by atoms with E-state index < -0.39 is 5.97 Å². The predicted octanol–water partition coefficient (Wildman–Crippen LogP) is 5.44. The summed E-state index contributed by atoms with van der Waals surface area (Å²) in [4.78, 5) is 23.8. The van der Waals surface area contributed by atoms with Gasteiger partial charge in [-0.3, -0.25) is 4.90 Å². The van der Waals surface area contributed by atoms with Crippen LogP contribution >= 0.6 is 11.3 Å². The van der Waals surface area contributed by atoms with Gasteiger partial charge in [0.25, 0.3) is 5.19 Å². The number of thiazole rings is 1. The molecule has 1 aliphatic rings. The highest BCUT2D eigenvalue weighted by molar-refractivity contribution is 7.15. The minimum absolute atomic E-state index is 0.205. The number of aryl methyl sites for hydroxylation is 2. The monoisotopic (exact) mass is 515 g/mol. The highest BCUT2D eigenvalue weighted by Crippen LogP contribution is 2.30. The Balaban J connectivity index is 1.06. The molecule has 0 radical (unpaired) electrons. The molecule has 1 aliphatic heterocycles. The van der Waals surface area contributed by atoms with Gasteiger partial charge in [0.15, 0.2) is 0 Å². The molecular formula is C28H29N5O3S. The Bertz CT molecular complexity index is 1430. The van der Waals surface area contributed by atoms with E-state index in [0.717, 1.165) is 79.9 Å². The van der Waals surface area contributed by atoms with Crippen molar-refractivity contribution < 1.29 is 14.6 Å². The molecule has 2 aromatic heterocycles. The number of unbranched alkanes of at least 4 members (excludes halogenated alkanes) is 1. The molecule has 37 heavy (non-hydrogen) atoms. The Morgan fingerprint density at radius 1 is 1.16 bits per heavy atom. The lowest BCUT2D eigenvalue weighted by Crippen LogP contribution is -2.46. The zero-order chi connectivity index (χ0) is 25.8. The summed E-state index contributed by atoms with van der Waals surface area (Å²) in [6.45, 7) is 6.80. The quantitative estimate of drug-likeness (QED) is 0.286. The van der Waals surface area contributed by atoms with Crippen molar-refractivity contribution in [1.82, 2.24) is 14.9 Å². The van der Waals surface area contributed by atoms with E-state index in [9.17, 15) is 15.2 Å². The Morgan fingerprint density at radius 3 is 2.65 bits per heavy atom. The second kappa shape index (κ2) is 11.0. The fourth-order valence-electron chi connectivity index (χ4n) is 4.77. The number of hydrogen-bond donors (Lipinski definition) is 2. The van der Waals surface area contributed by atoms with E-state index in [4.69, 9.17) is 4.74 Å². The van der Waals surface area contributed by atoms with Crippen molar-refractivity contribution in [2.75, 3.05) is 37.6 Å². The third-order valence-corrected chi connectivity index (χ3v) is 7.84. The molecule has 0 spiro atoms. The molecular weight excluding hydrogens is 486 g/mol. The number of aromatic carboxylic acids is 1. The average molecular weight is 516 g/mol. The van der Waals surface area contributed by atoms with Crippen molar-refractivity contribution in [2.24, 2.45) is 0 Å². The van der Waals surface area contributed by atoms with Gasteiger partial charge in [0, 0.05) is 49.0 Å². The van der Waals surface area contributed by atoms with E-state index in [2.05, 4.69) is 32.0 Å². The SMILES string of the molecule is Cc1nc(Oc2ccc(N3CCN(CCCCc4c[nH]c5ccc(C#N)cc45)CC3)cc2)sc1C(=O)O. The minimum atomic E-state index is -0.983. The number of nitrogens with one attached hydrogen (secondary N) is 1. The molecule has 1 fully saturated rings. The highest BCUT2D eigenvalue weighted by atomic mass is 32.1. The number of fused-ring (bicyclic) bond motifs is 1. The predicted molar refractivity (Wildman–Crippen MR) is 145 cm³/mol. The number of hydrogen-bond acceptors (Lipinski definition) is 7. The largest absolute Gasteiger partial charge is 0.477 e. The van der Waals surface area contributed by atoms with Crippen molar-refractivity contribution in [3.8, 4) is 17.0 Å². The first-order valence-corrected chi connectivity index (χ1v) is 13.3. The first kappa shape index (κ1) is 24.8. The lowest BCUT2D eigenvalue weighted by atomic mass is 10.1. The molecule has 190 valence electrons. The maximum absolute atomic E-state index is 11.2. The summed E-state index contributed by atoms with van der Waals surface area (Å²) in [5, 5.41) is 19.9. The summed E-state index contributed by atoms with van der Waals surface area (Å²) in [5.41, 5.74) is 4.71. The van der Waals surface area contributed by atoms with Gasteiger partial charge in [0.1, 0.15) is 10.6 Å². The highest BCUT2D eigenvalue weighted by Gasteiger charge is 2.18. The second-order valence-corrected chi connectivity index (χ2v) is 10.2. The lowest BCUT2D eigenvalue weighted by molar-refractivity contribution is 0.0701. The fraction of sp³-hybridized carbons (Fsp3) is 0.321. The molecule has 1 saturated heterocycles. The number of H-pyrrole nitrogens is 1. The van der Waals surface area contributed by atoms with Crippen molar-refractivity contribution in [3.05, 3.63) is 70.4 Å². The number of carbonyl (C=O) groups is 1. The van der Waals surface area contributed by atoms with Crippen LogP contribution in [0, 0.1) is 18.3 Å². The number of carboxylic acids is 1. The first-order chi connectivity index (χ1) is 18.0. The summed E-state index contributed by atoms with van der Waals surface area (Å²) >= 11 is 1.04. The molecule has 0 saturated carbocycles. The summed E-state index contributed by atoms with van der Waals surface area (Å²) in [6, 6.07) is 15.9. The fourth-order valence-corrected chi connectivity index (χ4v) is 5.55. The Labute approximate surface area is 219 Å². The molecule has 0 unspecified atom stereocenters. The smallest absolute Gasteiger partial charge is 0.347 e. The van der Waals surface area contributed by atoms with Gasteiger partial charge in [-0.05, 0) is 80.8 Å². The maximum atomic E-state index is 11.2. The molecule has 0 atom stereocenters. The van der Waals surface area contributed by atoms with E-state index in [1.807, 2.05) is 42.5 Å². The van der Waals surface area contributed by atoms with Crippen LogP contribution in [0.15, 0.2) is 48.7 Å².